The Labute approximate surface area is 150 Å². The molecule has 0 aromatic heterocycles. The van der Waals surface area contributed by atoms with Crippen molar-refractivity contribution >= 4 is 21.9 Å². The molecule has 1 saturated heterocycles. The van der Waals surface area contributed by atoms with Gasteiger partial charge in [-0.15, -0.1) is 0 Å². The van der Waals surface area contributed by atoms with Gasteiger partial charge in [-0.2, -0.15) is 4.31 Å². The molecule has 10 heteroatoms. The zero-order valence-corrected chi connectivity index (χ0v) is 15.0. The van der Waals surface area contributed by atoms with Crippen LogP contribution < -0.4 is 0 Å². The average molecular weight is 390 g/mol. The van der Waals surface area contributed by atoms with Crippen LogP contribution in [0.5, 0.6) is 0 Å². The van der Waals surface area contributed by atoms with Crippen LogP contribution in [0.25, 0.3) is 0 Å². The third-order valence-corrected chi connectivity index (χ3v) is 6.25. The zero-order chi connectivity index (χ0) is 19.5. The van der Waals surface area contributed by atoms with Crippen LogP contribution in [-0.4, -0.2) is 60.8 Å². The number of nitrogens with zero attached hydrogens (tertiary/aromatic N) is 2. The van der Waals surface area contributed by atoms with E-state index in [0.717, 1.165) is 16.4 Å². The molecule has 1 amide bonds. The second kappa shape index (κ2) is 8.09. The summed E-state index contributed by atoms with van der Waals surface area (Å²) in [6, 6.07) is 2.22. The van der Waals surface area contributed by atoms with Gasteiger partial charge in [0.2, 0.25) is 15.9 Å². The van der Waals surface area contributed by atoms with Gasteiger partial charge < -0.3 is 10.0 Å². The van der Waals surface area contributed by atoms with Gasteiger partial charge in [-0.3, -0.25) is 9.59 Å². The summed E-state index contributed by atoms with van der Waals surface area (Å²) < 4.78 is 53.2. The van der Waals surface area contributed by atoms with E-state index in [4.69, 9.17) is 5.11 Å². The van der Waals surface area contributed by atoms with E-state index < -0.39 is 45.0 Å². The van der Waals surface area contributed by atoms with E-state index >= 15 is 0 Å². The standard InChI is InChI=1S/C16H20F2N2O5S/c1-2-19(10-15(21)22)16(23)11-5-7-20(8-6-11)26(24,25)14-9-12(17)3-4-13(14)18/h3-4,9,11H,2,5-8,10H2,1H3,(H,21,22). The number of hydrogen-bond acceptors (Lipinski definition) is 4. The van der Waals surface area contributed by atoms with Crippen LogP contribution in [0.3, 0.4) is 0 Å². The number of halogens is 2. The summed E-state index contributed by atoms with van der Waals surface area (Å²) in [5, 5.41) is 8.84. The zero-order valence-electron chi connectivity index (χ0n) is 14.2. The Balaban J connectivity index is 2.09. The summed E-state index contributed by atoms with van der Waals surface area (Å²) in [5.41, 5.74) is 0. The van der Waals surface area contributed by atoms with E-state index in [1.807, 2.05) is 0 Å². The van der Waals surface area contributed by atoms with Gasteiger partial charge in [0.1, 0.15) is 23.1 Å². The number of carbonyl (C=O) groups excluding carboxylic acids is 1. The molecular formula is C16H20F2N2O5S. The highest BCUT2D eigenvalue weighted by Crippen LogP contribution is 2.26. The lowest BCUT2D eigenvalue weighted by molar-refractivity contribution is -0.146. The van der Waals surface area contributed by atoms with E-state index in [1.165, 1.54) is 4.90 Å². The van der Waals surface area contributed by atoms with E-state index in [1.54, 1.807) is 6.92 Å². The third kappa shape index (κ3) is 4.36. The number of benzene rings is 1. The first kappa shape index (κ1) is 20.2. The lowest BCUT2D eigenvalue weighted by atomic mass is 9.96. The second-order valence-electron chi connectivity index (χ2n) is 6.00. The molecular weight excluding hydrogens is 370 g/mol. The first-order chi connectivity index (χ1) is 12.2. The fraction of sp³-hybridized carbons (Fsp3) is 0.500. The quantitative estimate of drug-likeness (QED) is 0.790. The molecule has 26 heavy (non-hydrogen) atoms. The molecule has 0 bridgehead atoms. The van der Waals surface area contributed by atoms with E-state index in [-0.39, 0.29) is 38.4 Å². The molecule has 0 unspecified atom stereocenters. The van der Waals surface area contributed by atoms with Crippen molar-refractivity contribution in [1.82, 2.24) is 9.21 Å². The molecule has 1 fully saturated rings. The Morgan fingerprint density at radius 3 is 2.42 bits per heavy atom. The Bertz CT molecular complexity index is 792. The first-order valence-corrected chi connectivity index (χ1v) is 9.56. The molecule has 0 radical (unpaired) electrons. The van der Waals surface area contributed by atoms with Crippen LogP contribution in [0, 0.1) is 17.6 Å². The van der Waals surface area contributed by atoms with Crippen molar-refractivity contribution in [3.05, 3.63) is 29.8 Å². The van der Waals surface area contributed by atoms with Crippen LogP contribution in [0.4, 0.5) is 8.78 Å². The highest BCUT2D eigenvalue weighted by Gasteiger charge is 2.35. The summed E-state index contributed by atoms with van der Waals surface area (Å²) in [6.45, 7) is 1.42. The van der Waals surface area contributed by atoms with Crippen molar-refractivity contribution in [3.63, 3.8) is 0 Å². The molecule has 1 aliphatic heterocycles. The van der Waals surface area contributed by atoms with Crippen LogP contribution in [0.15, 0.2) is 23.1 Å². The SMILES string of the molecule is CCN(CC(=O)O)C(=O)C1CCN(S(=O)(=O)c2cc(F)ccc2F)CC1. The molecule has 1 heterocycles. The van der Waals surface area contributed by atoms with Gasteiger partial charge in [0.05, 0.1) is 0 Å². The molecule has 0 saturated carbocycles. The van der Waals surface area contributed by atoms with Crippen LogP contribution in [0.1, 0.15) is 19.8 Å². The predicted molar refractivity (Wildman–Crippen MR) is 87.7 cm³/mol. The lowest BCUT2D eigenvalue weighted by Gasteiger charge is -2.33. The minimum Gasteiger partial charge on any atom is -0.480 e. The second-order valence-corrected chi connectivity index (χ2v) is 7.91. The fourth-order valence-electron chi connectivity index (χ4n) is 2.92. The maximum atomic E-state index is 13.8. The molecule has 1 N–H and O–H groups in total. The predicted octanol–water partition coefficient (Wildman–Crippen LogP) is 1.30. The molecule has 2 rings (SSSR count). The molecule has 1 aromatic carbocycles. The molecule has 0 atom stereocenters. The van der Waals surface area contributed by atoms with Crippen molar-refractivity contribution in [2.45, 2.75) is 24.7 Å². The number of aliphatic carboxylic acids is 1. The maximum absolute atomic E-state index is 13.8. The number of sulfonamides is 1. The molecule has 144 valence electrons. The monoisotopic (exact) mass is 390 g/mol. The largest absolute Gasteiger partial charge is 0.480 e. The van der Waals surface area contributed by atoms with Crippen molar-refractivity contribution < 1.29 is 31.9 Å². The van der Waals surface area contributed by atoms with Crippen LogP contribution >= 0.6 is 0 Å². The van der Waals surface area contributed by atoms with Gasteiger partial charge in [0, 0.05) is 25.6 Å². The lowest BCUT2D eigenvalue weighted by Crippen LogP contribution is -2.45. The van der Waals surface area contributed by atoms with E-state index in [0.29, 0.717) is 6.07 Å². The summed E-state index contributed by atoms with van der Waals surface area (Å²) in [7, 11) is -4.21. The van der Waals surface area contributed by atoms with Gasteiger partial charge in [0.25, 0.3) is 0 Å². The third-order valence-electron chi connectivity index (χ3n) is 4.33. The van der Waals surface area contributed by atoms with Crippen LogP contribution in [-0.2, 0) is 19.6 Å². The summed E-state index contributed by atoms with van der Waals surface area (Å²) in [6.07, 6.45) is 0.371. The molecule has 7 nitrogen and oxygen atoms in total. The fourth-order valence-corrected chi connectivity index (χ4v) is 4.47. The first-order valence-electron chi connectivity index (χ1n) is 8.12. The highest BCUT2D eigenvalue weighted by atomic mass is 32.2. The minimum absolute atomic E-state index is 0.0285. The van der Waals surface area contributed by atoms with Gasteiger partial charge >= 0.3 is 5.97 Å². The van der Waals surface area contributed by atoms with Gasteiger partial charge in [-0.1, -0.05) is 0 Å². The number of carboxylic acids is 1. The van der Waals surface area contributed by atoms with Gasteiger partial charge in [0.15, 0.2) is 0 Å². The summed E-state index contributed by atoms with van der Waals surface area (Å²) >= 11 is 0. The topological polar surface area (TPSA) is 95.0 Å². The number of likely N-dealkylation sites (N-methyl/N-ethyl adjacent to an activating group) is 1. The molecule has 1 aromatic rings. The minimum atomic E-state index is -4.21. The number of rotatable bonds is 6. The van der Waals surface area contributed by atoms with Crippen molar-refractivity contribution in [3.8, 4) is 0 Å². The number of piperidine rings is 1. The number of carboxylic acid groups (broad SMARTS) is 1. The Morgan fingerprint density at radius 2 is 1.88 bits per heavy atom. The van der Waals surface area contributed by atoms with Gasteiger partial charge in [-0.25, -0.2) is 17.2 Å². The average Bonchev–Trinajstić information content (AvgIpc) is 2.61. The Morgan fingerprint density at radius 1 is 1.27 bits per heavy atom. The molecule has 0 aliphatic carbocycles. The Kier molecular flexibility index (Phi) is 6.30. The van der Waals surface area contributed by atoms with Gasteiger partial charge in [-0.05, 0) is 38.0 Å². The van der Waals surface area contributed by atoms with E-state index in [2.05, 4.69) is 0 Å². The van der Waals surface area contributed by atoms with Crippen LogP contribution in [0.2, 0.25) is 0 Å². The van der Waals surface area contributed by atoms with Crippen molar-refractivity contribution in [2.24, 2.45) is 5.92 Å². The van der Waals surface area contributed by atoms with Crippen molar-refractivity contribution in [1.29, 1.82) is 0 Å². The molecule has 0 spiro atoms. The number of amides is 1. The normalized spacial score (nSPS) is 16.4. The Hall–Kier alpha value is -2.07. The summed E-state index contributed by atoms with van der Waals surface area (Å²) in [4.78, 5) is 23.6. The maximum Gasteiger partial charge on any atom is 0.323 e. The molecule has 1 aliphatic rings. The number of hydrogen-bond donors (Lipinski definition) is 1. The highest BCUT2D eigenvalue weighted by molar-refractivity contribution is 7.89. The summed E-state index contributed by atoms with van der Waals surface area (Å²) in [5.74, 6) is -3.87. The van der Waals surface area contributed by atoms with E-state index in [9.17, 15) is 26.8 Å². The van der Waals surface area contributed by atoms with Crippen molar-refractivity contribution in [2.75, 3.05) is 26.2 Å². The smallest absolute Gasteiger partial charge is 0.323 e. The number of carbonyl (C=O) groups is 2.